The van der Waals surface area contributed by atoms with Crippen LogP contribution in [0.5, 0.6) is 0 Å². The van der Waals surface area contributed by atoms with E-state index in [1.165, 1.54) is 25.7 Å². The molecule has 1 amide bonds. The molecule has 2 aliphatic rings. The Kier molecular flexibility index (Phi) is 10.9. The van der Waals surface area contributed by atoms with Crippen LogP contribution in [-0.2, 0) is 25.7 Å². The summed E-state index contributed by atoms with van der Waals surface area (Å²) in [5.74, 6) is -1.03. The number of aliphatic hydroxyl groups is 1. The fourth-order valence-corrected chi connectivity index (χ4v) is 5.71. The van der Waals surface area contributed by atoms with Gasteiger partial charge in [-0.1, -0.05) is 62.2 Å². The van der Waals surface area contributed by atoms with Gasteiger partial charge in [0, 0.05) is 49.1 Å². The third kappa shape index (κ3) is 8.01. The first kappa shape index (κ1) is 29.9. The molecular formula is C32H42N2O6. The zero-order valence-corrected chi connectivity index (χ0v) is 23.3. The Hall–Kier alpha value is -3.04. The number of hydrogen-bond donors (Lipinski definition) is 3. The highest BCUT2D eigenvalue weighted by atomic mass is 16.7. The molecule has 4 atom stereocenters. The van der Waals surface area contributed by atoms with E-state index in [1.807, 2.05) is 54.6 Å². The van der Waals surface area contributed by atoms with E-state index in [9.17, 15) is 14.7 Å². The number of carboxylic acids is 1. The van der Waals surface area contributed by atoms with Gasteiger partial charge in [0.25, 0.3) is 0 Å². The van der Waals surface area contributed by atoms with Crippen molar-refractivity contribution in [2.75, 3.05) is 18.4 Å². The Labute approximate surface area is 237 Å². The van der Waals surface area contributed by atoms with Gasteiger partial charge in [0.1, 0.15) is 0 Å². The third-order valence-electron chi connectivity index (χ3n) is 8.00. The van der Waals surface area contributed by atoms with Crippen molar-refractivity contribution in [3.8, 4) is 0 Å². The second kappa shape index (κ2) is 14.6. The maximum absolute atomic E-state index is 12.2. The molecule has 4 rings (SSSR count). The van der Waals surface area contributed by atoms with Crippen LogP contribution in [0.3, 0.4) is 0 Å². The van der Waals surface area contributed by atoms with E-state index in [0.717, 1.165) is 29.8 Å². The smallest absolute Gasteiger partial charge is 0.303 e. The fourth-order valence-electron chi connectivity index (χ4n) is 5.71. The summed E-state index contributed by atoms with van der Waals surface area (Å²) in [6.07, 6.45) is 6.45. The zero-order valence-electron chi connectivity index (χ0n) is 23.3. The van der Waals surface area contributed by atoms with E-state index in [2.05, 4.69) is 23.7 Å². The second-order valence-electron chi connectivity index (χ2n) is 10.9. The molecule has 1 saturated carbocycles. The van der Waals surface area contributed by atoms with Crippen LogP contribution in [0.2, 0.25) is 0 Å². The highest BCUT2D eigenvalue weighted by molar-refractivity contribution is 5.90. The van der Waals surface area contributed by atoms with Gasteiger partial charge in [-0.15, -0.1) is 6.58 Å². The molecule has 2 fully saturated rings. The number of rotatable bonds is 13. The van der Waals surface area contributed by atoms with Crippen LogP contribution >= 0.6 is 0 Å². The van der Waals surface area contributed by atoms with Gasteiger partial charge in [-0.3, -0.25) is 14.5 Å². The largest absolute Gasteiger partial charge is 0.481 e. The number of carbonyl (C=O) groups is 2. The number of aliphatic hydroxyl groups excluding tert-OH is 1. The number of benzene rings is 2. The number of nitrogens with one attached hydrogen (secondary N) is 1. The number of anilines is 1. The lowest BCUT2D eigenvalue weighted by Gasteiger charge is -2.43. The summed E-state index contributed by atoms with van der Waals surface area (Å²) in [6.45, 7) is 7.77. The quantitative estimate of drug-likeness (QED) is 0.279. The van der Waals surface area contributed by atoms with Crippen LogP contribution in [0.1, 0.15) is 81.0 Å². The van der Waals surface area contributed by atoms with E-state index < -0.39 is 12.3 Å². The number of amides is 1. The molecule has 1 heterocycles. The van der Waals surface area contributed by atoms with Gasteiger partial charge in [0.05, 0.1) is 18.8 Å². The number of nitrogens with zero attached hydrogens (tertiary/aromatic N) is 1. The predicted octanol–water partition coefficient (Wildman–Crippen LogP) is 5.59. The van der Waals surface area contributed by atoms with Crippen molar-refractivity contribution in [1.82, 2.24) is 4.90 Å². The lowest BCUT2D eigenvalue weighted by molar-refractivity contribution is -0.276. The Bertz CT molecular complexity index is 1110. The number of ether oxygens (including phenoxy) is 2. The molecule has 1 aliphatic carbocycles. The molecule has 2 aromatic rings. The molecule has 0 spiro atoms. The van der Waals surface area contributed by atoms with Gasteiger partial charge in [-0.05, 0) is 42.5 Å². The van der Waals surface area contributed by atoms with Gasteiger partial charge >= 0.3 is 5.97 Å². The summed E-state index contributed by atoms with van der Waals surface area (Å²) in [5, 5.41) is 21.1. The average Bonchev–Trinajstić information content (AvgIpc) is 3.49. The molecule has 0 aromatic heterocycles. The van der Waals surface area contributed by atoms with E-state index in [1.54, 1.807) is 0 Å². The maximum Gasteiger partial charge on any atom is 0.303 e. The van der Waals surface area contributed by atoms with Crippen molar-refractivity contribution in [1.29, 1.82) is 0 Å². The van der Waals surface area contributed by atoms with E-state index >= 15 is 0 Å². The van der Waals surface area contributed by atoms with Crippen LogP contribution in [0.4, 0.5) is 5.69 Å². The first-order valence-corrected chi connectivity index (χ1v) is 14.3. The number of carboxylic acid groups (broad SMARTS) is 1. The van der Waals surface area contributed by atoms with Gasteiger partial charge in [0.2, 0.25) is 5.91 Å². The van der Waals surface area contributed by atoms with Gasteiger partial charge in [-0.2, -0.15) is 0 Å². The summed E-state index contributed by atoms with van der Waals surface area (Å²) in [5.41, 5.74) is 3.40. The number of hydrogen-bond acceptors (Lipinski definition) is 6. The minimum atomic E-state index is -0.907. The lowest BCUT2D eigenvalue weighted by atomic mass is 9.89. The fraction of sp³-hybridized carbons (Fsp3) is 0.500. The van der Waals surface area contributed by atoms with Gasteiger partial charge in [0.15, 0.2) is 6.29 Å². The highest BCUT2D eigenvalue weighted by Crippen LogP contribution is 2.42. The molecule has 4 unspecified atom stereocenters. The Balaban J connectivity index is 1.51. The Morgan fingerprint density at radius 2 is 1.70 bits per heavy atom. The molecule has 8 nitrogen and oxygen atoms in total. The average molecular weight is 551 g/mol. The van der Waals surface area contributed by atoms with Gasteiger partial charge < -0.3 is 25.0 Å². The van der Waals surface area contributed by atoms with E-state index in [0.29, 0.717) is 18.2 Å². The lowest BCUT2D eigenvalue weighted by Crippen LogP contribution is -2.47. The SMILES string of the molecule is C=CCN(CC1OC(c2ccc(NC(=O)CCCC(=O)O)cc2)OC(c2ccc(CO)cc2)C1C)C1CCCC1. The van der Waals surface area contributed by atoms with Crippen LogP contribution in [0.15, 0.2) is 61.2 Å². The Morgan fingerprint density at radius 1 is 1.02 bits per heavy atom. The van der Waals surface area contributed by atoms with Crippen LogP contribution < -0.4 is 5.32 Å². The molecule has 216 valence electrons. The predicted molar refractivity (Wildman–Crippen MR) is 154 cm³/mol. The molecule has 3 N–H and O–H groups in total. The van der Waals surface area contributed by atoms with Crippen LogP contribution in [-0.4, -0.2) is 52.2 Å². The summed E-state index contributed by atoms with van der Waals surface area (Å²) in [4.78, 5) is 25.4. The first-order valence-electron chi connectivity index (χ1n) is 14.3. The second-order valence-corrected chi connectivity index (χ2v) is 10.9. The number of carbonyl (C=O) groups excluding carboxylic acids is 1. The van der Waals surface area contributed by atoms with Crippen LogP contribution in [0, 0.1) is 5.92 Å². The van der Waals surface area contributed by atoms with Crippen LogP contribution in [0.25, 0.3) is 0 Å². The maximum atomic E-state index is 12.2. The summed E-state index contributed by atoms with van der Waals surface area (Å²) >= 11 is 0. The highest BCUT2D eigenvalue weighted by Gasteiger charge is 2.40. The minimum Gasteiger partial charge on any atom is -0.481 e. The topological polar surface area (TPSA) is 108 Å². The van der Waals surface area contributed by atoms with Crippen molar-refractivity contribution in [3.63, 3.8) is 0 Å². The minimum absolute atomic E-state index is 0.00390. The summed E-state index contributed by atoms with van der Waals surface area (Å²) in [6, 6.07) is 15.9. The van der Waals surface area contributed by atoms with Crippen molar-refractivity contribution in [3.05, 3.63) is 77.9 Å². The van der Waals surface area contributed by atoms with Crippen molar-refractivity contribution in [2.45, 2.75) is 83.0 Å². The monoisotopic (exact) mass is 550 g/mol. The molecule has 8 heteroatoms. The molecule has 0 bridgehead atoms. The van der Waals surface area contributed by atoms with Crippen molar-refractivity contribution >= 4 is 17.6 Å². The molecule has 1 aliphatic heterocycles. The molecule has 2 aromatic carbocycles. The Morgan fingerprint density at radius 3 is 2.33 bits per heavy atom. The third-order valence-corrected chi connectivity index (χ3v) is 8.00. The summed E-state index contributed by atoms with van der Waals surface area (Å²) < 4.78 is 13.2. The standard InChI is InChI=1S/C32H42N2O6/c1-3-19-34(27-7-4-5-8-27)20-28-22(2)31(24-13-11-23(21-35)12-14-24)40-32(39-28)25-15-17-26(18-16-25)33-29(36)9-6-10-30(37)38/h3,11-18,22,27-28,31-32,35H,1,4-10,19-21H2,2H3,(H,33,36)(H,37,38). The molecule has 40 heavy (non-hydrogen) atoms. The first-order chi connectivity index (χ1) is 19.4. The van der Waals surface area contributed by atoms with Crippen molar-refractivity contribution < 1.29 is 29.3 Å². The molecular weight excluding hydrogens is 508 g/mol. The van der Waals surface area contributed by atoms with Crippen molar-refractivity contribution in [2.24, 2.45) is 5.92 Å². The molecule has 0 radical (unpaired) electrons. The molecule has 1 saturated heterocycles. The van der Waals surface area contributed by atoms with E-state index in [4.69, 9.17) is 14.6 Å². The zero-order chi connectivity index (χ0) is 28.5. The van der Waals surface area contributed by atoms with E-state index in [-0.39, 0.29) is 43.5 Å². The number of aliphatic carboxylic acids is 1. The summed E-state index contributed by atoms with van der Waals surface area (Å²) in [7, 11) is 0. The normalized spacial score (nSPS) is 23.3. The van der Waals surface area contributed by atoms with Gasteiger partial charge in [-0.25, -0.2) is 0 Å².